The molecule has 3 heteroatoms. The Kier molecular flexibility index (Phi) is 33.8. The zero-order chi connectivity index (χ0) is 9.66. The van der Waals surface area contributed by atoms with Gasteiger partial charge in [-0.2, -0.15) is 14.2 Å². The van der Waals surface area contributed by atoms with Crippen LogP contribution in [0.25, 0.3) is 0 Å². The van der Waals surface area contributed by atoms with Crippen LogP contribution in [-0.4, -0.2) is 14.2 Å². The Morgan fingerprint density at radius 1 is 0.615 bits per heavy atom. The fourth-order valence-electron chi connectivity index (χ4n) is 0.856. The molecule has 0 aromatic carbocycles. The van der Waals surface area contributed by atoms with E-state index in [0.717, 1.165) is 14.2 Å². The van der Waals surface area contributed by atoms with E-state index in [1.165, 1.54) is 25.7 Å². The van der Waals surface area contributed by atoms with Crippen molar-refractivity contribution >= 4 is 0 Å². The first-order chi connectivity index (χ1) is 6.00. The Balaban J connectivity index is -0.000000178. The largest absolute Gasteiger partial charge is 0.857 e. The molecule has 5 radical (unpaired) electrons. The standard InChI is InChI=1S/C8H12.2CH3O.Ir/c1-2-4-6-8-7-5-3-1;2*1-2;/h1-2,7-8H,3-6H2;2*1H3;/q;2*-1;. The van der Waals surface area contributed by atoms with Crippen LogP contribution in [0, 0.1) is 25.7 Å². The second-order valence-corrected chi connectivity index (χ2v) is 2.10. The van der Waals surface area contributed by atoms with E-state index in [9.17, 15) is 0 Å². The van der Waals surface area contributed by atoms with Crippen molar-refractivity contribution in [2.24, 2.45) is 0 Å². The predicted octanol–water partition coefficient (Wildman–Crippen LogP) is 0.328. The third-order valence-corrected chi connectivity index (χ3v) is 1.33. The molecule has 0 saturated heterocycles. The summed E-state index contributed by atoms with van der Waals surface area (Å²) in [7, 11) is 1.50. The maximum Gasteiger partial charge on any atom is 0 e. The van der Waals surface area contributed by atoms with Crippen molar-refractivity contribution in [1.29, 1.82) is 0 Å². The van der Waals surface area contributed by atoms with E-state index < -0.39 is 0 Å². The van der Waals surface area contributed by atoms with E-state index in [1.54, 1.807) is 0 Å². The molecule has 0 unspecified atom stereocenters. The van der Waals surface area contributed by atoms with Crippen molar-refractivity contribution in [3.05, 3.63) is 25.7 Å². The van der Waals surface area contributed by atoms with Gasteiger partial charge < -0.3 is 10.2 Å². The summed E-state index contributed by atoms with van der Waals surface area (Å²) < 4.78 is 0. The molecule has 1 aliphatic rings. The SMILES string of the molecule is C[O-].C[O-].[CH]1[CH]CC[CH][CH]CC1.[Ir]. The monoisotopic (exact) mass is 363 g/mol. The maximum absolute atomic E-state index is 8.25. The van der Waals surface area contributed by atoms with Crippen molar-refractivity contribution < 1.29 is 30.3 Å². The molecule has 0 atom stereocenters. The van der Waals surface area contributed by atoms with Gasteiger partial charge in [-0.05, 0) is 51.4 Å². The Hall–Kier alpha value is 0.569. The van der Waals surface area contributed by atoms with Crippen molar-refractivity contribution in [3.8, 4) is 0 Å². The molecular weight excluding hydrogens is 344 g/mol. The minimum atomic E-state index is 0. The first kappa shape index (κ1) is 19.2. The fraction of sp³-hybridized carbons (Fsp3) is 0.600. The Bertz CT molecular complexity index is 36.9. The Labute approximate surface area is 96.1 Å². The van der Waals surface area contributed by atoms with E-state index in [4.69, 9.17) is 10.2 Å². The number of hydrogen-bond donors (Lipinski definition) is 0. The summed E-state index contributed by atoms with van der Waals surface area (Å²) in [6.07, 6.45) is 14.0. The second-order valence-electron chi connectivity index (χ2n) is 2.10. The minimum Gasteiger partial charge on any atom is -0.857 e. The zero-order valence-electron chi connectivity index (χ0n) is 8.29. The van der Waals surface area contributed by atoms with Gasteiger partial charge in [0.25, 0.3) is 0 Å². The molecule has 1 aliphatic carbocycles. The second kappa shape index (κ2) is 22.9. The molecule has 0 bridgehead atoms. The quantitative estimate of drug-likeness (QED) is 0.623. The third-order valence-electron chi connectivity index (χ3n) is 1.33. The smallest absolute Gasteiger partial charge is 0 e. The molecule has 0 N–H and O–H groups in total. The van der Waals surface area contributed by atoms with Crippen molar-refractivity contribution in [2.75, 3.05) is 14.2 Å². The van der Waals surface area contributed by atoms with Crippen molar-refractivity contribution in [1.82, 2.24) is 0 Å². The summed E-state index contributed by atoms with van der Waals surface area (Å²) in [5.74, 6) is 0. The molecule has 0 spiro atoms. The normalized spacial score (nSPS) is 15.7. The van der Waals surface area contributed by atoms with E-state index in [0.29, 0.717) is 0 Å². The van der Waals surface area contributed by atoms with E-state index in [1.807, 2.05) is 0 Å². The van der Waals surface area contributed by atoms with Gasteiger partial charge in [-0.3, -0.25) is 0 Å². The molecule has 1 fully saturated rings. The summed E-state index contributed by atoms with van der Waals surface area (Å²) in [6, 6.07) is 0. The summed E-state index contributed by atoms with van der Waals surface area (Å²) in [5.41, 5.74) is 0. The van der Waals surface area contributed by atoms with Gasteiger partial charge in [0.1, 0.15) is 0 Å². The molecule has 13 heavy (non-hydrogen) atoms. The number of rotatable bonds is 0. The molecule has 0 aromatic rings. The first-order valence-corrected chi connectivity index (χ1v) is 4.12. The van der Waals surface area contributed by atoms with Crippen LogP contribution in [0.2, 0.25) is 0 Å². The van der Waals surface area contributed by atoms with Crippen LogP contribution in [0.5, 0.6) is 0 Å². The van der Waals surface area contributed by atoms with Gasteiger partial charge >= 0.3 is 0 Å². The van der Waals surface area contributed by atoms with Crippen molar-refractivity contribution in [2.45, 2.75) is 25.7 Å². The molecule has 0 heterocycles. The van der Waals surface area contributed by atoms with E-state index in [-0.39, 0.29) is 20.1 Å². The third kappa shape index (κ3) is 19.1. The summed E-state index contributed by atoms with van der Waals surface area (Å²) in [5, 5.41) is 16.5. The summed E-state index contributed by atoms with van der Waals surface area (Å²) in [4.78, 5) is 0. The van der Waals surface area contributed by atoms with Crippen molar-refractivity contribution in [3.63, 3.8) is 0 Å². The molecule has 0 aliphatic heterocycles. The van der Waals surface area contributed by atoms with E-state index >= 15 is 0 Å². The molecule has 0 amide bonds. The topological polar surface area (TPSA) is 46.1 Å². The molecule has 81 valence electrons. The predicted molar refractivity (Wildman–Crippen MR) is 47.5 cm³/mol. The molecule has 0 aromatic heterocycles. The molecule has 1 saturated carbocycles. The Morgan fingerprint density at radius 2 is 0.769 bits per heavy atom. The maximum atomic E-state index is 8.25. The Morgan fingerprint density at radius 3 is 0.923 bits per heavy atom. The first-order valence-electron chi connectivity index (χ1n) is 4.12. The van der Waals surface area contributed by atoms with Gasteiger partial charge in [-0.15, -0.1) is 0 Å². The van der Waals surface area contributed by atoms with Gasteiger partial charge in [0.15, 0.2) is 0 Å². The molecule has 1 rings (SSSR count). The van der Waals surface area contributed by atoms with Gasteiger partial charge in [-0.1, -0.05) is 0 Å². The van der Waals surface area contributed by atoms with Crippen LogP contribution in [0.1, 0.15) is 25.7 Å². The van der Waals surface area contributed by atoms with Crippen LogP contribution in [-0.2, 0) is 20.1 Å². The van der Waals surface area contributed by atoms with Crippen LogP contribution in [0.4, 0.5) is 0 Å². The summed E-state index contributed by atoms with van der Waals surface area (Å²) >= 11 is 0. The molecular formula is C10H18IrO2-2. The van der Waals surface area contributed by atoms with Gasteiger partial charge in [0.2, 0.25) is 0 Å². The van der Waals surface area contributed by atoms with Crippen LogP contribution < -0.4 is 10.2 Å². The molecule has 2 nitrogen and oxygen atoms in total. The van der Waals surface area contributed by atoms with Crippen LogP contribution >= 0.6 is 0 Å². The fourth-order valence-corrected chi connectivity index (χ4v) is 0.856. The number of hydrogen-bond acceptors (Lipinski definition) is 2. The average Bonchev–Trinajstić information content (AvgIpc) is 2.10. The minimum absolute atomic E-state index is 0. The van der Waals surface area contributed by atoms with Gasteiger partial charge in [0.05, 0.1) is 0 Å². The van der Waals surface area contributed by atoms with Gasteiger partial charge in [-0.25, -0.2) is 0 Å². The van der Waals surface area contributed by atoms with E-state index in [2.05, 4.69) is 25.7 Å². The van der Waals surface area contributed by atoms with Gasteiger partial charge in [0, 0.05) is 20.1 Å². The zero-order valence-corrected chi connectivity index (χ0v) is 10.7. The van der Waals surface area contributed by atoms with Crippen LogP contribution in [0.3, 0.4) is 0 Å². The average molecular weight is 362 g/mol. The summed E-state index contributed by atoms with van der Waals surface area (Å²) in [6.45, 7) is 0. The van der Waals surface area contributed by atoms with Crippen LogP contribution in [0.15, 0.2) is 0 Å².